The van der Waals surface area contributed by atoms with E-state index < -0.39 is 5.97 Å². The van der Waals surface area contributed by atoms with Gasteiger partial charge in [0.25, 0.3) is 0 Å². The van der Waals surface area contributed by atoms with Crippen molar-refractivity contribution in [1.82, 2.24) is 10.1 Å². The van der Waals surface area contributed by atoms with Crippen LogP contribution in [-0.2, 0) is 17.6 Å². The van der Waals surface area contributed by atoms with Gasteiger partial charge in [-0.3, -0.25) is 4.79 Å². The fourth-order valence-corrected chi connectivity index (χ4v) is 2.98. The predicted octanol–water partition coefficient (Wildman–Crippen LogP) is 1.38. The molecule has 0 spiro atoms. The Balaban J connectivity index is 1.88. The number of carboxylic acids is 1. The van der Waals surface area contributed by atoms with E-state index >= 15 is 0 Å². The predicted molar refractivity (Wildman–Crippen MR) is 59.4 cm³/mol. The lowest BCUT2D eigenvalue weighted by molar-refractivity contribution is -0.136. The Morgan fingerprint density at radius 2 is 2.25 bits per heavy atom. The van der Waals surface area contributed by atoms with Crippen LogP contribution in [-0.4, -0.2) is 32.7 Å². The van der Waals surface area contributed by atoms with Crippen molar-refractivity contribution in [3.05, 3.63) is 11.7 Å². The van der Waals surface area contributed by atoms with Gasteiger partial charge in [-0.2, -0.15) is 16.7 Å². The molecule has 0 unspecified atom stereocenters. The van der Waals surface area contributed by atoms with E-state index in [-0.39, 0.29) is 12.2 Å². The van der Waals surface area contributed by atoms with Crippen molar-refractivity contribution >= 4 is 17.7 Å². The molecule has 0 aromatic carbocycles. The van der Waals surface area contributed by atoms with Crippen molar-refractivity contribution in [3.63, 3.8) is 0 Å². The van der Waals surface area contributed by atoms with Gasteiger partial charge in [0.15, 0.2) is 5.82 Å². The lowest BCUT2D eigenvalue weighted by Gasteiger charge is -2.19. The Morgan fingerprint density at radius 3 is 2.94 bits per heavy atom. The summed E-state index contributed by atoms with van der Waals surface area (Å²) in [7, 11) is 0. The normalized spacial score (nSPS) is 17.5. The molecule has 1 aromatic heterocycles. The molecule has 1 N–H and O–H groups in total. The third kappa shape index (κ3) is 3.23. The van der Waals surface area contributed by atoms with Crippen LogP contribution >= 0.6 is 11.8 Å². The summed E-state index contributed by atoms with van der Waals surface area (Å²) in [5.41, 5.74) is 0. The zero-order chi connectivity index (χ0) is 11.4. The molecule has 6 heteroatoms. The van der Waals surface area contributed by atoms with E-state index in [4.69, 9.17) is 9.63 Å². The van der Waals surface area contributed by atoms with Crippen LogP contribution in [0.25, 0.3) is 0 Å². The molecule has 0 atom stereocenters. The Labute approximate surface area is 97.6 Å². The van der Waals surface area contributed by atoms with Crippen LogP contribution in [0.4, 0.5) is 0 Å². The quantitative estimate of drug-likeness (QED) is 0.859. The molecule has 0 radical (unpaired) electrons. The lowest BCUT2D eigenvalue weighted by atomic mass is 9.99. The topological polar surface area (TPSA) is 76.2 Å². The number of nitrogens with zero attached hydrogens (tertiary/aromatic N) is 2. The summed E-state index contributed by atoms with van der Waals surface area (Å²) < 4.78 is 5.04. The number of thioether (sulfide) groups is 1. The first-order valence-corrected chi connectivity index (χ1v) is 6.50. The maximum atomic E-state index is 10.4. The maximum absolute atomic E-state index is 10.4. The van der Waals surface area contributed by atoms with Gasteiger partial charge in [0, 0.05) is 6.42 Å². The molecule has 2 rings (SSSR count). The smallest absolute Gasteiger partial charge is 0.311 e. The Kier molecular flexibility index (Phi) is 3.82. The maximum Gasteiger partial charge on any atom is 0.311 e. The fraction of sp³-hybridized carbons (Fsp3) is 0.700. The molecule has 2 heterocycles. The van der Waals surface area contributed by atoms with Gasteiger partial charge < -0.3 is 9.63 Å². The number of hydrogen-bond donors (Lipinski definition) is 1. The van der Waals surface area contributed by atoms with Gasteiger partial charge in [-0.25, -0.2) is 0 Å². The summed E-state index contributed by atoms with van der Waals surface area (Å²) in [4.78, 5) is 14.5. The molecule has 1 aromatic rings. The number of carbonyl (C=O) groups is 1. The highest BCUT2D eigenvalue weighted by Gasteiger charge is 2.18. The van der Waals surface area contributed by atoms with Crippen LogP contribution in [0.3, 0.4) is 0 Å². The van der Waals surface area contributed by atoms with Crippen molar-refractivity contribution in [3.8, 4) is 0 Å². The number of aromatic nitrogens is 2. The summed E-state index contributed by atoms with van der Waals surface area (Å²) >= 11 is 1.98. The van der Waals surface area contributed by atoms with E-state index in [2.05, 4.69) is 10.1 Å². The van der Waals surface area contributed by atoms with Crippen molar-refractivity contribution in [2.75, 3.05) is 11.5 Å². The molecule has 0 saturated carbocycles. The van der Waals surface area contributed by atoms with Crippen LogP contribution < -0.4 is 0 Å². The molecule has 16 heavy (non-hydrogen) atoms. The summed E-state index contributed by atoms with van der Waals surface area (Å²) in [6.45, 7) is 0. The molecular formula is C10H14N2O3S. The number of carboxylic acid groups (broad SMARTS) is 1. The molecule has 0 aliphatic carbocycles. The van der Waals surface area contributed by atoms with Crippen molar-refractivity contribution in [2.45, 2.75) is 25.7 Å². The van der Waals surface area contributed by atoms with Crippen molar-refractivity contribution < 1.29 is 14.4 Å². The Bertz CT molecular complexity index is 361. The molecule has 0 bridgehead atoms. The molecule has 1 saturated heterocycles. The Hall–Kier alpha value is -1.04. The third-order valence-corrected chi connectivity index (χ3v) is 3.67. The van der Waals surface area contributed by atoms with E-state index in [1.54, 1.807) is 0 Å². The number of hydrogen-bond acceptors (Lipinski definition) is 5. The Morgan fingerprint density at radius 1 is 1.50 bits per heavy atom. The molecule has 5 nitrogen and oxygen atoms in total. The highest BCUT2D eigenvalue weighted by Crippen LogP contribution is 2.25. The summed E-state index contributed by atoms with van der Waals surface area (Å²) in [6, 6.07) is 0. The molecule has 1 fully saturated rings. The summed E-state index contributed by atoms with van der Waals surface area (Å²) in [6.07, 6.45) is 2.99. The molecule has 1 aliphatic heterocycles. The van der Waals surface area contributed by atoms with Gasteiger partial charge >= 0.3 is 5.97 Å². The average Bonchev–Trinajstić information content (AvgIpc) is 2.66. The number of rotatable bonds is 4. The molecule has 88 valence electrons. The van der Waals surface area contributed by atoms with E-state index in [0.717, 1.165) is 6.42 Å². The van der Waals surface area contributed by atoms with Gasteiger partial charge in [-0.05, 0) is 30.3 Å². The molecular weight excluding hydrogens is 228 g/mol. The standard InChI is InChI=1S/C10H14N2O3S/c13-10(14)6-8-11-9(15-12-8)5-7-1-3-16-4-2-7/h7H,1-6H2,(H,13,14). The van der Waals surface area contributed by atoms with Crippen LogP contribution in [0, 0.1) is 5.92 Å². The van der Waals surface area contributed by atoms with Crippen molar-refractivity contribution in [2.24, 2.45) is 5.92 Å². The first-order valence-electron chi connectivity index (χ1n) is 5.35. The first-order chi connectivity index (χ1) is 7.74. The largest absolute Gasteiger partial charge is 0.481 e. The highest BCUT2D eigenvalue weighted by atomic mass is 32.2. The SMILES string of the molecule is O=C(O)Cc1noc(CC2CCSCC2)n1. The van der Waals surface area contributed by atoms with Crippen LogP contribution in [0.2, 0.25) is 0 Å². The number of aliphatic carboxylic acids is 1. The lowest BCUT2D eigenvalue weighted by Crippen LogP contribution is -2.12. The minimum Gasteiger partial charge on any atom is -0.481 e. The second kappa shape index (κ2) is 5.34. The van der Waals surface area contributed by atoms with Gasteiger partial charge in [0.1, 0.15) is 6.42 Å². The minimum atomic E-state index is -0.929. The van der Waals surface area contributed by atoms with E-state index in [1.165, 1.54) is 24.3 Å². The fourth-order valence-electron chi connectivity index (χ4n) is 1.78. The zero-order valence-corrected chi connectivity index (χ0v) is 9.70. The van der Waals surface area contributed by atoms with E-state index in [0.29, 0.717) is 11.8 Å². The second-order valence-electron chi connectivity index (χ2n) is 3.93. The highest BCUT2D eigenvalue weighted by molar-refractivity contribution is 7.99. The summed E-state index contributed by atoms with van der Waals surface area (Å²) in [5.74, 6) is 2.92. The van der Waals surface area contributed by atoms with Crippen LogP contribution in [0.15, 0.2) is 4.52 Å². The van der Waals surface area contributed by atoms with Crippen LogP contribution in [0.5, 0.6) is 0 Å². The average molecular weight is 242 g/mol. The monoisotopic (exact) mass is 242 g/mol. The molecule has 0 amide bonds. The minimum absolute atomic E-state index is 0.163. The van der Waals surface area contributed by atoms with Gasteiger partial charge in [-0.1, -0.05) is 5.16 Å². The zero-order valence-electron chi connectivity index (χ0n) is 8.89. The summed E-state index contributed by atoms with van der Waals surface area (Å²) in [5, 5.41) is 12.2. The first kappa shape index (κ1) is 11.4. The van der Waals surface area contributed by atoms with E-state index in [1.807, 2.05) is 11.8 Å². The van der Waals surface area contributed by atoms with Crippen LogP contribution in [0.1, 0.15) is 24.6 Å². The van der Waals surface area contributed by atoms with Crippen molar-refractivity contribution in [1.29, 1.82) is 0 Å². The van der Waals surface area contributed by atoms with Gasteiger partial charge in [-0.15, -0.1) is 0 Å². The molecule has 1 aliphatic rings. The third-order valence-electron chi connectivity index (χ3n) is 2.62. The van der Waals surface area contributed by atoms with Gasteiger partial charge in [0.2, 0.25) is 5.89 Å². The van der Waals surface area contributed by atoms with Gasteiger partial charge in [0.05, 0.1) is 0 Å². The van der Waals surface area contributed by atoms with E-state index in [9.17, 15) is 4.79 Å². The second-order valence-corrected chi connectivity index (χ2v) is 5.16.